The molecule has 1 aromatic rings. The van der Waals surface area contributed by atoms with Crippen LogP contribution in [-0.2, 0) is 5.33 Å². The van der Waals surface area contributed by atoms with E-state index in [-0.39, 0.29) is 5.91 Å². The Morgan fingerprint density at radius 3 is 2.55 bits per heavy atom. The Morgan fingerprint density at radius 1 is 1.30 bits per heavy atom. The summed E-state index contributed by atoms with van der Waals surface area (Å²) in [6.45, 7) is 1.64. The fourth-order valence-electron chi connectivity index (χ4n) is 2.72. The molecule has 1 saturated carbocycles. The van der Waals surface area contributed by atoms with Crippen molar-refractivity contribution in [3.05, 3.63) is 35.4 Å². The zero-order valence-corrected chi connectivity index (χ0v) is 13.7. The smallest absolute Gasteiger partial charge is 0.251 e. The van der Waals surface area contributed by atoms with Crippen molar-refractivity contribution in [2.75, 3.05) is 20.1 Å². The summed E-state index contributed by atoms with van der Waals surface area (Å²) >= 11 is 3.40. The van der Waals surface area contributed by atoms with Gasteiger partial charge in [-0.3, -0.25) is 4.79 Å². The average molecular weight is 339 g/mol. The van der Waals surface area contributed by atoms with Gasteiger partial charge in [0.2, 0.25) is 0 Å². The van der Waals surface area contributed by atoms with Gasteiger partial charge < -0.3 is 10.2 Å². The van der Waals surface area contributed by atoms with Crippen LogP contribution in [0.25, 0.3) is 0 Å². The summed E-state index contributed by atoms with van der Waals surface area (Å²) < 4.78 is 0. The lowest BCUT2D eigenvalue weighted by molar-refractivity contribution is 0.0947. The van der Waals surface area contributed by atoms with Crippen molar-refractivity contribution in [2.45, 2.75) is 37.1 Å². The van der Waals surface area contributed by atoms with Crippen LogP contribution in [0.15, 0.2) is 24.3 Å². The maximum Gasteiger partial charge on any atom is 0.251 e. The molecular formula is C16H23BrN2O. The lowest BCUT2D eigenvalue weighted by atomic mass is 10.1. The first-order chi connectivity index (χ1) is 9.70. The molecule has 0 spiro atoms. The molecule has 0 heterocycles. The van der Waals surface area contributed by atoms with Gasteiger partial charge in [-0.2, -0.15) is 0 Å². The number of alkyl halides is 1. The number of benzene rings is 1. The van der Waals surface area contributed by atoms with Crippen molar-refractivity contribution in [3.63, 3.8) is 0 Å². The largest absolute Gasteiger partial charge is 0.351 e. The van der Waals surface area contributed by atoms with Crippen LogP contribution in [0.2, 0.25) is 0 Å². The number of amides is 1. The zero-order chi connectivity index (χ0) is 14.4. The van der Waals surface area contributed by atoms with Crippen LogP contribution in [-0.4, -0.2) is 37.0 Å². The molecule has 0 saturated heterocycles. The van der Waals surface area contributed by atoms with Crippen LogP contribution < -0.4 is 5.32 Å². The van der Waals surface area contributed by atoms with Crippen LogP contribution in [0.3, 0.4) is 0 Å². The number of carbonyl (C=O) groups is 1. The Morgan fingerprint density at radius 2 is 1.95 bits per heavy atom. The van der Waals surface area contributed by atoms with E-state index >= 15 is 0 Å². The van der Waals surface area contributed by atoms with E-state index in [4.69, 9.17) is 0 Å². The maximum absolute atomic E-state index is 12.0. The number of hydrogen-bond donors (Lipinski definition) is 1. The van der Waals surface area contributed by atoms with Gasteiger partial charge in [-0.15, -0.1) is 0 Å². The number of rotatable bonds is 6. The second-order valence-corrected chi connectivity index (χ2v) is 6.07. The van der Waals surface area contributed by atoms with E-state index in [2.05, 4.69) is 33.2 Å². The summed E-state index contributed by atoms with van der Waals surface area (Å²) in [5.41, 5.74) is 1.92. The number of nitrogens with one attached hydrogen (secondary N) is 1. The van der Waals surface area contributed by atoms with E-state index in [0.29, 0.717) is 12.6 Å². The molecule has 110 valence electrons. The predicted molar refractivity (Wildman–Crippen MR) is 86.3 cm³/mol. The summed E-state index contributed by atoms with van der Waals surface area (Å²) in [4.78, 5) is 14.4. The van der Waals surface area contributed by atoms with Gasteiger partial charge in [-0.25, -0.2) is 0 Å². The van der Waals surface area contributed by atoms with Gasteiger partial charge in [0.05, 0.1) is 0 Å². The highest BCUT2D eigenvalue weighted by molar-refractivity contribution is 9.08. The number of carbonyl (C=O) groups excluding carboxylic acids is 1. The second-order valence-electron chi connectivity index (χ2n) is 5.51. The highest BCUT2D eigenvalue weighted by atomic mass is 79.9. The Hall–Kier alpha value is -0.870. The normalized spacial score (nSPS) is 15.8. The summed E-state index contributed by atoms with van der Waals surface area (Å²) in [6, 6.07) is 8.44. The molecule has 4 heteroatoms. The molecule has 2 rings (SSSR count). The summed E-state index contributed by atoms with van der Waals surface area (Å²) in [7, 11) is 2.16. The third-order valence-electron chi connectivity index (χ3n) is 4.07. The molecule has 0 atom stereocenters. The lowest BCUT2D eigenvalue weighted by Crippen LogP contribution is -2.37. The fraction of sp³-hybridized carbons (Fsp3) is 0.562. The van der Waals surface area contributed by atoms with E-state index in [0.717, 1.165) is 17.4 Å². The third kappa shape index (κ3) is 4.32. The first-order valence-electron chi connectivity index (χ1n) is 7.34. The van der Waals surface area contributed by atoms with Crippen LogP contribution in [0.5, 0.6) is 0 Å². The van der Waals surface area contributed by atoms with Crippen LogP contribution >= 0.6 is 15.9 Å². The Kier molecular flexibility index (Phi) is 6.05. The molecule has 0 radical (unpaired) electrons. The molecule has 3 nitrogen and oxygen atoms in total. The Balaban J connectivity index is 1.73. The van der Waals surface area contributed by atoms with E-state index < -0.39 is 0 Å². The minimum absolute atomic E-state index is 0.0194. The third-order valence-corrected chi connectivity index (χ3v) is 4.72. The Bertz CT molecular complexity index is 427. The quantitative estimate of drug-likeness (QED) is 0.808. The van der Waals surface area contributed by atoms with Crippen molar-refractivity contribution in [1.82, 2.24) is 10.2 Å². The molecule has 1 N–H and O–H groups in total. The zero-order valence-electron chi connectivity index (χ0n) is 12.1. The van der Waals surface area contributed by atoms with Crippen LogP contribution in [0.1, 0.15) is 41.6 Å². The van der Waals surface area contributed by atoms with Gasteiger partial charge in [0, 0.05) is 30.0 Å². The molecule has 1 amide bonds. The topological polar surface area (TPSA) is 32.3 Å². The van der Waals surface area contributed by atoms with Gasteiger partial charge in [-0.1, -0.05) is 40.9 Å². The molecule has 0 aromatic heterocycles. The lowest BCUT2D eigenvalue weighted by Gasteiger charge is -2.23. The van der Waals surface area contributed by atoms with E-state index in [9.17, 15) is 4.79 Å². The van der Waals surface area contributed by atoms with Crippen LogP contribution in [0, 0.1) is 0 Å². The highest BCUT2D eigenvalue weighted by Crippen LogP contribution is 2.21. The average Bonchev–Trinajstić information content (AvgIpc) is 3.01. The summed E-state index contributed by atoms with van der Waals surface area (Å²) in [5, 5.41) is 3.82. The van der Waals surface area contributed by atoms with Crippen molar-refractivity contribution in [2.24, 2.45) is 0 Å². The monoisotopic (exact) mass is 338 g/mol. The molecule has 1 fully saturated rings. The first kappa shape index (κ1) is 15.5. The first-order valence-corrected chi connectivity index (χ1v) is 8.46. The molecule has 1 aliphatic rings. The summed E-state index contributed by atoms with van der Waals surface area (Å²) in [6.07, 6.45) is 5.31. The van der Waals surface area contributed by atoms with Gasteiger partial charge in [0.15, 0.2) is 0 Å². The number of likely N-dealkylation sites (N-methyl/N-ethyl adjacent to an activating group) is 1. The number of hydrogen-bond acceptors (Lipinski definition) is 2. The van der Waals surface area contributed by atoms with Crippen molar-refractivity contribution in [1.29, 1.82) is 0 Å². The van der Waals surface area contributed by atoms with E-state index in [1.54, 1.807) is 0 Å². The van der Waals surface area contributed by atoms with E-state index in [1.165, 1.54) is 31.2 Å². The molecule has 1 aliphatic carbocycles. The molecule has 1 aromatic carbocycles. The number of halogens is 1. The summed E-state index contributed by atoms with van der Waals surface area (Å²) in [5.74, 6) is 0.0194. The molecule has 20 heavy (non-hydrogen) atoms. The molecule has 0 aliphatic heterocycles. The van der Waals surface area contributed by atoms with Crippen LogP contribution in [0.4, 0.5) is 0 Å². The maximum atomic E-state index is 12.0. The predicted octanol–water partition coefficient (Wildman–Crippen LogP) is 3.19. The van der Waals surface area contributed by atoms with Gasteiger partial charge in [-0.05, 0) is 37.6 Å². The SMILES string of the molecule is CN(CCNC(=O)c1ccc(CBr)cc1)C1CCCC1. The standard InChI is InChI=1S/C16H23BrN2O/c1-19(15-4-2-3-5-15)11-10-18-16(20)14-8-6-13(12-17)7-9-14/h6-9,15H,2-5,10-12H2,1H3,(H,18,20). The van der Waals surface area contributed by atoms with Gasteiger partial charge in [0.1, 0.15) is 0 Å². The fourth-order valence-corrected chi connectivity index (χ4v) is 3.09. The van der Waals surface area contributed by atoms with Gasteiger partial charge >= 0.3 is 0 Å². The molecule has 0 unspecified atom stereocenters. The second kappa shape index (κ2) is 7.79. The van der Waals surface area contributed by atoms with Crippen molar-refractivity contribution < 1.29 is 4.79 Å². The number of nitrogens with zero attached hydrogens (tertiary/aromatic N) is 1. The minimum atomic E-state index is 0.0194. The van der Waals surface area contributed by atoms with Gasteiger partial charge in [0.25, 0.3) is 5.91 Å². The molecular weight excluding hydrogens is 316 g/mol. The minimum Gasteiger partial charge on any atom is -0.351 e. The highest BCUT2D eigenvalue weighted by Gasteiger charge is 2.19. The van der Waals surface area contributed by atoms with Crippen molar-refractivity contribution >= 4 is 21.8 Å². The van der Waals surface area contributed by atoms with Crippen molar-refractivity contribution in [3.8, 4) is 0 Å². The Labute approximate surface area is 129 Å². The molecule has 0 bridgehead atoms. The van der Waals surface area contributed by atoms with E-state index in [1.807, 2.05) is 24.3 Å².